The maximum Gasteiger partial charge on any atom is 0.161 e. The first kappa shape index (κ1) is 15.2. The van der Waals surface area contributed by atoms with E-state index in [1.54, 1.807) is 14.2 Å². The molecule has 0 amide bonds. The summed E-state index contributed by atoms with van der Waals surface area (Å²) in [6.45, 7) is 7.91. The molecule has 1 aliphatic rings. The summed E-state index contributed by atoms with van der Waals surface area (Å²) in [5, 5.41) is 3.71. The van der Waals surface area contributed by atoms with Gasteiger partial charge in [0, 0.05) is 6.04 Å². The van der Waals surface area contributed by atoms with Crippen LogP contribution in [0.2, 0.25) is 0 Å². The van der Waals surface area contributed by atoms with E-state index in [1.165, 1.54) is 11.1 Å². The standard InChI is InChI=1S/C17H27NO2/c1-11(2)6-15-14-9-17(20-5)16(19-4)8-13(14)7-12(3)10-18-15/h8-9,11-12,15,18H,6-7,10H2,1-5H3. The highest BCUT2D eigenvalue weighted by molar-refractivity contribution is 5.49. The first-order chi connectivity index (χ1) is 9.55. The van der Waals surface area contributed by atoms with Crippen molar-refractivity contribution in [2.24, 2.45) is 11.8 Å². The Balaban J connectivity index is 2.44. The van der Waals surface area contributed by atoms with Crippen LogP contribution >= 0.6 is 0 Å². The second-order valence-electron chi connectivity index (χ2n) is 6.31. The molecule has 1 aliphatic heterocycles. The maximum atomic E-state index is 5.47. The minimum Gasteiger partial charge on any atom is -0.493 e. The number of fused-ring (bicyclic) bond motifs is 1. The summed E-state index contributed by atoms with van der Waals surface area (Å²) < 4.78 is 10.9. The Labute approximate surface area is 122 Å². The summed E-state index contributed by atoms with van der Waals surface area (Å²) in [6.07, 6.45) is 2.24. The monoisotopic (exact) mass is 277 g/mol. The van der Waals surface area contributed by atoms with Crippen LogP contribution in [0.25, 0.3) is 0 Å². The van der Waals surface area contributed by atoms with Gasteiger partial charge in [0.05, 0.1) is 14.2 Å². The average molecular weight is 277 g/mol. The van der Waals surface area contributed by atoms with Gasteiger partial charge in [0.25, 0.3) is 0 Å². The first-order valence-corrected chi connectivity index (χ1v) is 7.53. The van der Waals surface area contributed by atoms with Crippen LogP contribution in [0.15, 0.2) is 12.1 Å². The fourth-order valence-corrected chi connectivity index (χ4v) is 3.02. The van der Waals surface area contributed by atoms with Crippen molar-refractivity contribution in [3.8, 4) is 11.5 Å². The van der Waals surface area contributed by atoms with Gasteiger partial charge in [-0.1, -0.05) is 20.8 Å². The van der Waals surface area contributed by atoms with Crippen molar-refractivity contribution in [1.29, 1.82) is 0 Å². The summed E-state index contributed by atoms with van der Waals surface area (Å²) in [5.41, 5.74) is 2.77. The molecule has 20 heavy (non-hydrogen) atoms. The lowest BCUT2D eigenvalue weighted by Gasteiger charge is -2.22. The van der Waals surface area contributed by atoms with Crippen molar-refractivity contribution >= 4 is 0 Å². The Hall–Kier alpha value is -1.22. The van der Waals surface area contributed by atoms with Gasteiger partial charge in [0.1, 0.15) is 0 Å². The van der Waals surface area contributed by atoms with Crippen molar-refractivity contribution in [2.75, 3.05) is 20.8 Å². The van der Waals surface area contributed by atoms with Gasteiger partial charge in [-0.2, -0.15) is 0 Å². The highest BCUT2D eigenvalue weighted by atomic mass is 16.5. The van der Waals surface area contributed by atoms with E-state index in [-0.39, 0.29) is 0 Å². The van der Waals surface area contributed by atoms with Crippen molar-refractivity contribution in [2.45, 2.75) is 39.7 Å². The van der Waals surface area contributed by atoms with Crippen LogP contribution in [0.3, 0.4) is 0 Å². The number of nitrogens with one attached hydrogen (secondary N) is 1. The van der Waals surface area contributed by atoms with Gasteiger partial charge in [-0.15, -0.1) is 0 Å². The second kappa shape index (κ2) is 6.49. The molecule has 0 radical (unpaired) electrons. The molecule has 0 spiro atoms. The molecule has 1 aromatic carbocycles. The molecule has 0 aromatic heterocycles. The predicted octanol–water partition coefficient (Wildman–Crippen LogP) is 3.57. The Morgan fingerprint density at radius 1 is 1.20 bits per heavy atom. The zero-order chi connectivity index (χ0) is 14.7. The lowest BCUT2D eigenvalue weighted by molar-refractivity contribution is 0.352. The van der Waals surface area contributed by atoms with E-state index in [0.717, 1.165) is 30.9 Å². The molecule has 2 unspecified atom stereocenters. The molecule has 0 fully saturated rings. The summed E-state index contributed by atoms with van der Waals surface area (Å²) in [4.78, 5) is 0. The fourth-order valence-electron chi connectivity index (χ4n) is 3.02. The van der Waals surface area contributed by atoms with E-state index in [0.29, 0.717) is 17.9 Å². The summed E-state index contributed by atoms with van der Waals surface area (Å²) >= 11 is 0. The van der Waals surface area contributed by atoms with Crippen molar-refractivity contribution in [3.63, 3.8) is 0 Å². The van der Waals surface area contributed by atoms with Crippen LogP contribution in [0.4, 0.5) is 0 Å². The zero-order valence-corrected chi connectivity index (χ0v) is 13.3. The Morgan fingerprint density at radius 2 is 1.85 bits per heavy atom. The number of ether oxygens (including phenoxy) is 2. The molecule has 1 heterocycles. The summed E-state index contributed by atoms with van der Waals surface area (Å²) in [7, 11) is 3.41. The maximum absolute atomic E-state index is 5.47. The van der Waals surface area contributed by atoms with E-state index in [9.17, 15) is 0 Å². The van der Waals surface area contributed by atoms with E-state index >= 15 is 0 Å². The van der Waals surface area contributed by atoms with Crippen LogP contribution in [0.1, 0.15) is 44.4 Å². The molecule has 0 aliphatic carbocycles. The number of rotatable bonds is 4. The number of methoxy groups -OCH3 is 2. The third-order valence-corrected chi connectivity index (χ3v) is 4.01. The lowest BCUT2D eigenvalue weighted by Crippen LogP contribution is -2.25. The molecule has 1 aromatic rings. The van der Waals surface area contributed by atoms with E-state index in [2.05, 4.69) is 38.2 Å². The fraction of sp³-hybridized carbons (Fsp3) is 0.647. The Kier molecular flexibility index (Phi) is 4.92. The number of hydrogen-bond donors (Lipinski definition) is 1. The molecule has 0 saturated carbocycles. The highest BCUT2D eigenvalue weighted by Crippen LogP contribution is 2.37. The molecule has 0 bridgehead atoms. The normalized spacial score (nSPS) is 22.3. The third-order valence-electron chi connectivity index (χ3n) is 4.01. The summed E-state index contributed by atoms with van der Waals surface area (Å²) in [5.74, 6) is 2.98. The smallest absolute Gasteiger partial charge is 0.161 e. The highest BCUT2D eigenvalue weighted by Gasteiger charge is 2.24. The topological polar surface area (TPSA) is 30.5 Å². The molecular formula is C17H27NO2. The van der Waals surface area contributed by atoms with Gasteiger partial charge in [-0.3, -0.25) is 0 Å². The van der Waals surface area contributed by atoms with Gasteiger partial charge in [0.2, 0.25) is 0 Å². The molecule has 0 saturated heterocycles. The molecule has 2 rings (SSSR count). The number of benzene rings is 1. The molecule has 2 atom stereocenters. The van der Waals surface area contributed by atoms with E-state index < -0.39 is 0 Å². The average Bonchev–Trinajstić information content (AvgIpc) is 2.56. The lowest BCUT2D eigenvalue weighted by atomic mass is 9.91. The first-order valence-electron chi connectivity index (χ1n) is 7.53. The van der Waals surface area contributed by atoms with Crippen molar-refractivity contribution in [1.82, 2.24) is 5.32 Å². The molecule has 112 valence electrons. The van der Waals surface area contributed by atoms with Gasteiger partial charge in [0.15, 0.2) is 11.5 Å². The summed E-state index contributed by atoms with van der Waals surface area (Å²) in [6, 6.07) is 4.73. The molecule has 1 N–H and O–H groups in total. The van der Waals surface area contributed by atoms with Crippen LogP contribution in [0, 0.1) is 11.8 Å². The van der Waals surface area contributed by atoms with E-state index in [4.69, 9.17) is 9.47 Å². The minimum atomic E-state index is 0.412. The van der Waals surface area contributed by atoms with E-state index in [1.807, 2.05) is 0 Å². The largest absolute Gasteiger partial charge is 0.493 e. The zero-order valence-electron chi connectivity index (χ0n) is 13.3. The van der Waals surface area contributed by atoms with Gasteiger partial charge in [-0.05, 0) is 54.5 Å². The van der Waals surface area contributed by atoms with Crippen LogP contribution in [0.5, 0.6) is 11.5 Å². The van der Waals surface area contributed by atoms with Crippen LogP contribution in [-0.2, 0) is 6.42 Å². The Bertz CT molecular complexity index is 457. The third kappa shape index (κ3) is 3.26. The van der Waals surface area contributed by atoms with Gasteiger partial charge < -0.3 is 14.8 Å². The molecular weight excluding hydrogens is 250 g/mol. The van der Waals surface area contributed by atoms with Crippen molar-refractivity contribution in [3.05, 3.63) is 23.3 Å². The quantitative estimate of drug-likeness (QED) is 0.912. The van der Waals surface area contributed by atoms with Crippen LogP contribution < -0.4 is 14.8 Å². The van der Waals surface area contributed by atoms with Gasteiger partial charge in [-0.25, -0.2) is 0 Å². The molecule has 3 heteroatoms. The Morgan fingerprint density at radius 3 is 2.45 bits per heavy atom. The number of hydrogen-bond acceptors (Lipinski definition) is 3. The van der Waals surface area contributed by atoms with Crippen molar-refractivity contribution < 1.29 is 9.47 Å². The van der Waals surface area contributed by atoms with Crippen LogP contribution in [-0.4, -0.2) is 20.8 Å². The second-order valence-corrected chi connectivity index (χ2v) is 6.31. The predicted molar refractivity (Wildman–Crippen MR) is 82.6 cm³/mol. The van der Waals surface area contributed by atoms with Gasteiger partial charge >= 0.3 is 0 Å². The minimum absolute atomic E-state index is 0.412. The SMILES string of the molecule is COc1cc2c(cc1OC)C(CC(C)C)NCC(C)C2. The molecule has 3 nitrogen and oxygen atoms in total.